The molecule has 0 aliphatic heterocycles. The zero-order chi connectivity index (χ0) is 15.6. The smallest absolute Gasteiger partial charge is 0.276 e. The van der Waals surface area contributed by atoms with E-state index in [0.29, 0.717) is 22.8 Å². The summed E-state index contributed by atoms with van der Waals surface area (Å²) in [7, 11) is 1.56. The van der Waals surface area contributed by atoms with Gasteiger partial charge >= 0.3 is 0 Å². The highest BCUT2D eigenvalue weighted by Gasteiger charge is 2.19. The van der Waals surface area contributed by atoms with Crippen LogP contribution in [0, 0.1) is 0 Å². The molecule has 1 heterocycles. The van der Waals surface area contributed by atoms with Gasteiger partial charge in [-0.25, -0.2) is 0 Å². The fourth-order valence-electron chi connectivity index (χ4n) is 1.78. The van der Waals surface area contributed by atoms with Crippen LogP contribution in [0.4, 0.5) is 11.4 Å². The normalized spacial score (nSPS) is 10.7. The molecular weight excluding hydrogens is 304 g/mol. The van der Waals surface area contributed by atoms with Gasteiger partial charge in [0.15, 0.2) is 5.69 Å². The van der Waals surface area contributed by atoms with Gasteiger partial charge in [0.05, 0.1) is 18.5 Å². The fourth-order valence-corrected chi connectivity index (χ4v) is 1.78. The number of hydrogen-bond donors (Lipinski definition) is 3. The number of amides is 1. The Balaban J connectivity index is 0.00000242. The average molecular weight is 325 g/mol. The van der Waals surface area contributed by atoms with Crippen LogP contribution in [0.2, 0.25) is 0 Å². The van der Waals surface area contributed by atoms with Crippen LogP contribution in [0.1, 0.15) is 37.0 Å². The van der Waals surface area contributed by atoms with Crippen LogP contribution in [0.5, 0.6) is 5.75 Å². The Hall–Kier alpha value is -2.21. The highest BCUT2D eigenvalue weighted by Crippen LogP contribution is 2.25. The lowest BCUT2D eigenvalue weighted by atomic mass is 9.92. The van der Waals surface area contributed by atoms with Gasteiger partial charge in [-0.2, -0.15) is 5.10 Å². The number of ether oxygens (including phenoxy) is 1. The maximum Gasteiger partial charge on any atom is 0.276 e. The standard InChI is InChI=1S/C15H20N4O2.ClH/c1-15(2,3)13-8-12(18-19-13)14(20)17-11-7-9(21-4)5-6-10(11)16;/h5-8H,16H2,1-4H3,(H,17,20)(H,18,19);1H. The van der Waals surface area contributed by atoms with Crippen molar-refractivity contribution in [3.63, 3.8) is 0 Å². The second-order valence-electron chi connectivity index (χ2n) is 5.82. The maximum absolute atomic E-state index is 12.2. The van der Waals surface area contributed by atoms with Crippen LogP contribution < -0.4 is 15.8 Å². The second kappa shape index (κ2) is 6.70. The second-order valence-corrected chi connectivity index (χ2v) is 5.82. The molecule has 0 saturated heterocycles. The van der Waals surface area contributed by atoms with Crippen LogP contribution in [-0.4, -0.2) is 23.2 Å². The number of hydrogen-bond acceptors (Lipinski definition) is 4. The summed E-state index contributed by atoms with van der Waals surface area (Å²) in [6.07, 6.45) is 0. The van der Waals surface area contributed by atoms with Crippen molar-refractivity contribution in [2.24, 2.45) is 0 Å². The van der Waals surface area contributed by atoms with E-state index in [1.165, 1.54) is 0 Å². The van der Waals surface area contributed by atoms with Crippen molar-refractivity contribution in [2.45, 2.75) is 26.2 Å². The topological polar surface area (TPSA) is 93.0 Å². The molecule has 120 valence electrons. The van der Waals surface area contributed by atoms with E-state index in [2.05, 4.69) is 15.5 Å². The van der Waals surface area contributed by atoms with Gasteiger partial charge in [0, 0.05) is 17.2 Å². The first-order chi connectivity index (χ1) is 9.81. The molecular formula is C15H21ClN4O2. The van der Waals surface area contributed by atoms with E-state index in [4.69, 9.17) is 10.5 Å². The molecule has 6 nitrogen and oxygen atoms in total. The van der Waals surface area contributed by atoms with Crippen molar-refractivity contribution < 1.29 is 9.53 Å². The predicted molar refractivity (Wildman–Crippen MR) is 89.9 cm³/mol. The quantitative estimate of drug-likeness (QED) is 0.757. The summed E-state index contributed by atoms with van der Waals surface area (Å²) in [6, 6.07) is 6.83. The molecule has 22 heavy (non-hydrogen) atoms. The maximum atomic E-state index is 12.2. The van der Waals surface area contributed by atoms with Gasteiger partial charge in [-0.3, -0.25) is 9.89 Å². The average Bonchev–Trinajstić information content (AvgIpc) is 2.91. The number of benzene rings is 1. The van der Waals surface area contributed by atoms with E-state index in [1.807, 2.05) is 20.8 Å². The number of anilines is 2. The molecule has 0 radical (unpaired) electrons. The molecule has 4 N–H and O–H groups in total. The molecule has 2 aromatic rings. The Kier molecular flexibility index (Phi) is 5.43. The molecule has 0 fully saturated rings. The van der Waals surface area contributed by atoms with E-state index in [-0.39, 0.29) is 23.7 Å². The van der Waals surface area contributed by atoms with Crippen molar-refractivity contribution in [3.8, 4) is 5.75 Å². The third kappa shape index (κ3) is 3.92. The Labute approximate surface area is 135 Å². The summed E-state index contributed by atoms with van der Waals surface area (Å²) in [5.41, 5.74) is 7.93. The Bertz CT molecular complexity index is 662. The number of nitrogens with two attached hydrogens (primary N) is 1. The van der Waals surface area contributed by atoms with Gasteiger partial charge in [0.25, 0.3) is 5.91 Å². The molecule has 1 aromatic heterocycles. The minimum absolute atomic E-state index is 0. The van der Waals surface area contributed by atoms with Crippen molar-refractivity contribution in [1.29, 1.82) is 0 Å². The summed E-state index contributed by atoms with van der Waals surface area (Å²) in [6.45, 7) is 6.13. The highest BCUT2D eigenvalue weighted by atomic mass is 35.5. The van der Waals surface area contributed by atoms with Crippen molar-refractivity contribution in [3.05, 3.63) is 35.7 Å². The SMILES string of the molecule is COc1ccc(N)c(NC(=O)c2cc(C(C)(C)C)[nH]n2)c1.Cl. The summed E-state index contributed by atoms with van der Waals surface area (Å²) < 4.78 is 5.12. The summed E-state index contributed by atoms with van der Waals surface area (Å²) in [5.74, 6) is 0.304. The first-order valence-corrected chi connectivity index (χ1v) is 6.62. The number of carbonyl (C=O) groups excluding carboxylic acids is 1. The number of H-pyrrole nitrogens is 1. The van der Waals surface area contributed by atoms with Gasteiger partial charge in [-0.05, 0) is 18.2 Å². The Morgan fingerprint density at radius 3 is 2.55 bits per heavy atom. The van der Waals surface area contributed by atoms with Gasteiger partial charge in [0.2, 0.25) is 0 Å². The largest absolute Gasteiger partial charge is 0.497 e. The molecule has 2 rings (SSSR count). The minimum Gasteiger partial charge on any atom is -0.497 e. The van der Waals surface area contributed by atoms with Gasteiger partial charge in [-0.1, -0.05) is 20.8 Å². The summed E-state index contributed by atoms with van der Waals surface area (Å²) in [4.78, 5) is 12.2. The van der Waals surface area contributed by atoms with E-state index in [9.17, 15) is 4.79 Å². The van der Waals surface area contributed by atoms with E-state index < -0.39 is 0 Å². The van der Waals surface area contributed by atoms with Gasteiger partial charge < -0.3 is 15.8 Å². The number of nitrogens with one attached hydrogen (secondary N) is 2. The number of aromatic nitrogens is 2. The van der Waals surface area contributed by atoms with Crippen molar-refractivity contribution in [1.82, 2.24) is 10.2 Å². The number of nitrogens with zero attached hydrogens (tertiary/aromatic N) is 1. The monoisotopic (exact) mass is 324 g/mol. The lowest BCUT2D eigenvalue weighted by Gasteiger charge is -2.14. The van der Waals surface area contributed by atoms with Gasteiger partial charge in [-0.15, -0.1) is 12.4 Å². The third-order valence-electron chi connectivity index (χ3n) is 3.13. The molecule has 0 unspecified atom stereocenters. The fraction of sp³-hybridized carbons (Fsp3) is 0.333. The van der Waals surface area contributed by atoms with Crippen LogP contribution in [0.15, 0.2) is 24.3 Å². The van der Waals surface area contributed by atoms with Crippen LogP contribution in [-0.2, 0) is 5.41 Å². The zero-order valence-corrected chi connectivity index (χ0v) is 13.9. The number of carbonyl (C=O) groups is 1. The molecule has 0 spiro atoms. The zero-order valence-electron chi connectivity index (χ0n) is 13.1. The van der Waals surface area contributed by atoms with Crippen LogP contribution in [0.25, 0.3) is 0 Å². The van der Waals surface area contributed by atoms with E-state index in [0.717, 1.165) is 5.69 Å². The molecule has 0 saturated carbocycles. The summed E-state index contributed by atoms with van der Waals surface area (Å²) >= 11 is 0. The number of methoxy groups -OCH3 is 1. The van der Waals surface area contributed by atoms with Crippen molar-refractivity contribution >= 4 is 29.7 Å². The lowest BCUT2D eigenvalue weighted by molar-refractivity contribution is 0.102. The Morgan fingerprint density at radius 2 is 2.00 bits per heavy atom. The number of aromatic amines is 1. The number of rotatable bonds is 3. The molecule has 0 bridgehead atoms. The Morgan fingerprint density at radius 1 is 1.32 bits per heavy atom. The first kappa shape index (κ1) is 17.8. The number of halogens is 1. The first-order valence-electron chi connectivity index (χ1n) is 6.62. The van der Waals surface area contributed by atoms with Crippen molar-refractivity contribution in [2.75, 3.05) is 18.2 Å². The highest BCUT2D eigenvalue weighted by molar-refractivity contribution is 6.04. The minimum atomic E-state index is -0.318. The predicted octanol–water partition coefficient (Wildman–Crippen LogP) is 2.97. The number of nitrogen functional groups attached to an aromatic ring is 1. The van der Waals surface area contributed by atoms with E-state index >= 15 is 0 Å². The molecule has 1 amide bonds. The van der Waals surface area contributed by atoms with Crippen LogP contribution >= 0.6 is 12.4 Å². The van der Waals surface area contributed by atoms with Gasteiger partial charge in [0.1, 0.15) is 5.75 Å². The summed E-state index contributed by atoms with van der Waals surface area (Å²) in [5, 5.41) is 9.66. The molecule has 7 heteroatoms. The van der Waals surface area contributed by atoms with Crippen LogP contribution in [0.3, 0.4) is 0 Å². The third-order valence-corrected chi connectivity index (χ3v) is 3.13. The molecule has 1 aromatic carbocycles. The lowest BCUT2D eigenvalue weighted by Crippen LogP contribution is -2.14. The molecule has 0 aliphatic carbocycles. The molecule has 0 atom stereocenters. The molecule has 0 aliphatic rings. The van der Waals surface area contributed by atoms with E-state index in [1.54, 1.807) is 31.4 Å².